The van der Waals surface area contributed by atoms with Crippen LogP contribution in [-0.4, -0.2) is 14.7 Å². The number of carbonyl (C=O) groups is 1. The lowest BCUT2D eigenvalue weighted by molar-refractivity contribution is 0.102. The Morgan fingerprint density at radius 1 is 1.15 bits per heavy atom. The summed E-state index contributed by atoms with van der Waals surface area (Å²) in [6.07, 6.45) is 0. The second-order valence-electron chi connectivity index (χ2n) is 4.05. The smallest absolute Gasteiger partial charge is 0.255 e. The van der Waals surface area contributed by atoms with Crippen LogP contribution in [0.5, 0.6) is 0 Å². The minimum Gasteiger partial charge on any atom is -0.321 e. The summed E-state index contributed by atoms with van der Waals surface area (Å²) in [5, 5.41) is 2.90. The van der Waals surface area contributed by atoms with E-state index in [9.17, 15) is 4.79 Å². The molecule has 0 unspecified atom stereocenters. The van der Waals surface area contributed by atoms with E-state index in [1.165, 1.54) is 0 Å². The van der Waals surface area contributed by atoms with Crippen LogP contribution in [0.25, 0.3) is 11.0 Å². The lowest BCUT2D eigenvalue weighted by Crippen LogP contribution is -2.12. The zero-order chi connectivity index (χ0) is 14.1. The number of nitrogens with one attached hydrogen (secondary N) is 1. The van der Waals surface area contributed by atoms with Crippen molar-refractivity contribution in [1.82, 2.24) is 8.75 Å². The largest absolute Gasteiger partial charge is 0.321 e. The number of nitrogens with zero attached hydrogens (tertiary/aromatic N) is 2. The molecule has 3 aromatic rings. The highest BCUT2D eigenvalue weighted by Crippen LogP contribution is 2.23. The number of halogens is 2. The number of rotatable bonds is 2. The van der Waals surface area contributed by atoms with Crippen molar-refractivity contribution in [2.24, 2.45) is 0 Å². The number of anilines is 1. The van der Waals surface area contributed by atoms with Crippen LogP contribution in [0.15, 0.2) is 40.9 Å². The molecule has 0 aliphatic heterocycles. The van der Waals surface area contributed by atoms with Gasteiger partial charge in [-0.1, -0.05) is 15.9 Å². The summed E-state index contributed by atoms with van der Waals surface area (Å²) in [5.41, 5.74) is 2.91. The number of hydrogen-bond donors (Lipinski definition) is 1. The van der Waals surface area contributed by atoms with Crippen molar-refractivity contribution in [1.29, 1.82) is 0 Å². The fourth-order valence-corrected chi connectivity index (χ4v) is 3.67. The molecule has 100 valence electrons. The molecule has 1 N–H and O–H groups in total. The van der Waals surface area contributed by atoms with Crippen molar-refractivity contribution < 1.29 is 4.79 Å². The first-order chi connectivity index (χ1) is 9.63. The monoisotopic (exact) mass is 459 g/mol. The van der Waals surface area contributed by atoms with Crippen molar-refractivity contribution in [3.63, 3.8) is 0 Å². The van der Waals surface area contributed by atoms with E-state index < -0.39 is 0 Å². The predicted octanol–water partition coefficient (Wildman–Crippen LogP) is 4.31. The van der Waals surface area contributed by atoms with Crippen LogP contribution in [0.3, 0.4) is 0 Å². The van der Waals surface area contributed by atoms with Crippen molar-refractivity contribution in [3.05, 3.63) is 50.0 Å². The van der Waals surface area contributed by atoms with Gasteiger partial charge in [0, 0.05) is 13.6 Å². The zero-order valence-electron chi connectivity index (χ0n) is 9.93. The molecule has 0 aliphatic carbocycles. The Morgan fingerprint density at radius 3 is 2.75 bits per heavy atom. The Kier molecular flexibility index (Phi) is 3.99. The first kappa shape index (κ1) is 13.9. The van der Waals surface area contributed by atoms with Gasteiger partial charge >= 0.3 is 0 Å². The Balaban J connectivity index is 1.88. The van der Waals surface area contributed by atoms with Gasteiger partial charge in [0.05, 0.1) is 17.4 Å². The fourth-order valence-electron chi connectivity index (χ4n) is 1.71. The van der Waals surface area contributed by atoms with Crippen LogP contribution >= 0.6 is 50.2 Å². The second-order valence-corrected chi connectivity index (χ2v) is 6.65. The van der Waals surface area contributed by atoms with E-state index in [1.54, 1.807) is 18.2 Å². The summed E-state index contributed by atoms with van der Waals surface area (Å²) < 4.78 is 10.2. The number of benzene rings is 2. The number of amides is 1. The molecule has 2 aromatic carbocycles. The normalized spacial score (nSPS) is 10.7. The van der Waals surface area contributed by atoms with Gasteiger partial charge < -0.3 is 5.32 Å². The third-order valence-electron chi connectivity index (χ3n) is 2.70. The van der Waals surface area contributed by atoms with Gasteiger partial charge in [-0.15, -0.1) is 0 Å². The van der Waals surface area contributed by atoms with Gasteiger partial charge in [0.2, 0.25) is 0 Å². The number of carbonyl (C=O) groups excluding carboxylic acids is 1. The molecule has 7 heteroatoms. The average Bonchev–Trinajstić information content (AvgIpc) is 2.89. The van der Waals surface area contributed by atoms with Gasteiger partial charge in [0.25, 0.3) is 5.91 Å². The Hall–Kier alpha value is -1.06. The molecule has 20 heavy (non-hydrogen) atoms. The SMILES string of the molecule is O=C(Nc1ccc(Br)cc1I)c1ccc2nsnc2c1. The van der Waals surface area contributed by atoms with E-state index in [4.69, 9.17) is 0 Å². The minimum atomic E-state index is -0.153. The zero-order valence-corrected chi connectivity index (χ0v) is 14.5. The van der Waals surface area contributed by atoms with Gasteiger partial charge in [-0.2, -0.15) is 8.75 Å². The first-order valence-corrected chi connectivity index (χ1v) is 8.22. The molecule has 0 radical (unpaired) electrons. The van der Waals surface area contributed by atoms with Gasteiger partial charge in [-0.3, -0.25) is 4.79 Å². The number of aromatic nitrogens is 2. The lowest BCUT2D eigenvalue weighted by atomic mass is 10.2. The molecule has 1 aromatic heterocycles. The van der Waals surface area contributed by atoms with E-state index in [-0.39, 0.29) is 5.91 Å². The van der Waals surface area contributed by atoms with Crippen LogP contribution in [0, 0.1) is 3.57 Å². The number of fused-ring (bicyclic) bond motifs is 1. The molecule has 0 saturated carbocycles. The first-order valence-electron chi connectivity index (χ1n) is 5.62. The molecule has 0 fully saturated rings. The standard InChI is InChI=1S/C13H7BrIN3OS/c14-8-2-4-10(9(15)6-8)16-13(19)7-1-3-11-12(5-7)18-20-17-11/h1-6H,(H,16,19). The summed E-state index contributed by atoms with van der Waals surface area (Å²) in [4.78, 5) is 12.2. The molecule has 1 heterocycles. The highest BCUT2D eigenvalue weighted by molar-refractivity contribution is 14.1. The highest BCUT2D eigenvalue weighted by Gasteiger charge is 2.10. The fraction of sp³-hybridized carbons (Fsp3) is 0. The highest BCUT2D eigenvalue weighted by atomic mass is 127. The third-order valence-corrected chi connectivity index (χ3v) is 4.64. The Labute approximate surface area is 141 Å². The molecule has 0 saturated heterocycles. The van der Waals surface area contributed by atoms with Crippen LogP contribution in [0.1, 0.15) is 10.4 Å². The maximum Gasteiger partial charge on any atom is 0.255 e. The molecule has 3 rings (SSSR count). The predicted molar refractivity (Wildman–Crippen MR) is 92.2 cm³/mol. The van der Waals surface area contributed by atoms with Crippen molar-refractivity contribution in [2.75, 3.05) is 5.32 Å². The maximum absolute atomic E-state index is 12.2. The molecule has 4 nitrogen and oxygen atoms in total. The van der Waals surface area contributed by atoms with E-state index in [1.807, 2.05) is 18.2 Å². The van der Waals surface area contributed by atoms with Crippen molar-refractivity contribution >= 4 is 72.9 Å². The van der Waals surface area contributed by atoms with Crippen LogP contribution in [-0.2, 0) is 0 Å². The van der Waals surface area contributed by atoms with Gasteiger partial charge in [-0.25, -0.2) is 0 Å². The molecule has 0 atom stereocenters. The average molecular weight is 460 g/mol. The quantitative estimate of drug-likeness (QED) is 0.581. The van der Waals surface area contributed by atoms with Crippen LogP contribution in [0.4, 0.5) is 5.69 Å². The number of hydrogen-bond acceptors (Lipinski definition) is 4. The molecule has 0 spiro atoms. The Morgan fingerprint density at radius 2 is 1.95 bits per heavy atom. The Bertz CT molecular complexity index is 805. The van der Waals surface area contributed by atoms with Gasteiger partial charge in [0.1, 0.15) is 11.0 Å². The lowest BCUT2D eigenvalue weighted by Gasteiger charge is -2.07. The topological polar surface area (TPSA) is 54.9 Å². The molecule has 0 bridgehead atoms. The third kappa shape index (κ3) is 2.84. The van der Waals surface area contributed by atoms with Crippen molar-refractivity contribution in [3.8, 4) is 0 Å². The van der Waals surface area contributed by atoms with E-state index in [2.05, 4.69) is 52.6 Å². The molecular weight excluding hydrogens is 453 g/mol. The summed E-state index contributed by atoms with van der Waals surface area (Å²) in [7, 11) is 0. The van der Waals surface area contributed by atoms with E-state index in [0.717, 1.165) is 36.5 Å². The summed E-state index contributed by atoms with van der Waals surface area (Å²) in [6.45, 7) is 0. The summed E-state index contributed by atoms with van der Waals surface area (Å²) in [5.74, 6) is -0.153. The summed E-state index contributed by atoms with van der Waals surface area (Å²) in [6, 6.07) is 11.0. The minimum absolute atomic E-state index is 0.153. The molecular formula is C13H7BrIN3OS. The van der Waals surface area contributed by atoms with Gasteiger partial charge in [-0.05, 0) is 59.0 Å². The van der Waals surface area contributed by atoms with Gasteiger partial charge in [0.15, 0.2) is 0 Å². The van der Waals surface area contributed by atoms with Crippen LogP contribution < -0.4 is 5.32 Å². The molecule has 0 aliphatic rings. The van der Waals surface area contributed by atoms with E-state index >= 15 is 0 Å². The second kappa shape index (κ2) is 5.74. The summed E-state index contributed by atoms with van der Waals surface area (Å²) >= 11 is 6.73. The van der Waals surface area contributed by atoms with Crippen LogP contribution in [0.2, 0.25) is 0 Å². The van der Waals surface area contributed by atoms with E-state index in [0.29, 0.717) is 5.56 Å². The maximum atomic E-state index is 12.2. The van der Waals surface area contributed by atoms with Crippen molar-refractivity contribution in [2.45, 2.75) is 0 Å². The molecule has 1 amide bonds.